The molecular formula is C17H27N3O3S. The zero-order chi connectivity index (χ0) is 17.6. The van der Waals surface area contributed by atoms with E-state index in [9.17, 15) is 13.2 Å². The highest BCUT2D eigenvalue weighted by Crippen LogP contribution is 2.16. The summed E-state index contributed by atoms with van der Waals surface area (Å²) in [5, 5.41) is 2.92. The van der Waals surface area contributed by atoms with Gasteiger partial charge in [-0.15, -0.1) is 0 Å². The molecule has 0 aromatic heterocycles. The normalized spacial score (nSPS) is 17.1. The number of nitrogens with zero attached hydrogens (tertiary/aromatic N) is 2. The molecule has 2 rings (SSSR count). The molecule has 0 spiro atoms. The van der Waals surface area contributed by atoms with Crippen LogP contribution in [0.3, 0.4) is 0 Å². The molecule has 0 saturated carbocycles. The van der Waals surface area contributed by atoms with E-state index >= 15 is 0 Å². The standard InChI is InChI=1S/C17H27N3O3S/c1-15(2)8-9-18-17(21)14-19-10-12-20(13-11-19)24(22,23)16-6-4-3-5-7-16/h3-7,15H,8-14H2,1-2H3,(H,18,21). The Labute approximate surface area is 144 Å². The van der Waals surface area contributed by atoms with Crippen LogP contribution in [0.4, 0.5) is 0 Å². The van der Waals surface area contributed by atoms with Crippen molar-refractivity contribution in [2.75, 3.05) is 39.3 Å². The fourth-order valence-electron chi connectivity index (χ4n) is 2.63. The molecule has 0 unspecified atom stereocenters. The number of amides is 1. The first-order valence-electron chi connectivity index (χ1n) is 8.44. The average molecular weight is 353 g/mol. The van der Waals surface area contributed by atoms with Crippen molar-refractivity contribution in [3.63, 3.8) is 0 Å². The van der Waals surface area contributed by atoms with Gasteiger partial charge in [0.1, 0.15) is 0 Å². The van der Waals surface area contributed by atoms with Crippen LogP contribution in [0, 0.1) is 5.92 Å². The molecule has 1 fully saturated rings. The molecule has 1 amide bonds. The second-order valence-corrected chi connectivity index (χ2v) is 8.46. The molecule has 1 saturated heterocycles. The monoisotopic (exact) mass is 353 g/mol. The minimum Gasteiger partial charge on any atom is -0.355 e. The molecule has 1 aromatic carbocycles. The van der Waals surface area contributed by atoms with Crippen LogP contribution >= 0.6 is 0 Å². The van der Waals surface area contributed by atoms with E-state index in [0.29, 0.717) is 50.1 Å². The summed E-state index contributed by atoms with van der Waals surface area (Å²) in [6.45, 7) is 7.24. The first-order chi connectivity index (χ1) is 11.4. The Hall–Kier alpha value is -1.44. The third kappa shape index (κ3) is 5.29. The summed E-state index contributed by atoms with van der Waals surface area (Å²) in [5.41, 5.74) is 0. The van der Waals surface area contributed by atoms with Gasteiger partial charge in [0.05, 0.1) is 11.4 Å². The predicted octanol–water partition coefficient (Wildman–Crippen LogP) is 1.16. The number of benzene rings is 1. The van der Waals surface area contributed by atoms with Gasteiger partial charge in [-0.2, -0.15) is 4.31 Å². The summed E-state index contributed by atoms with van der Waals surface area (Å²) < 4.78 is 26.6. The van der Waals surface area contributed by atoms with Crippen LogP contribution in [0.2, 0.25) is 0 Å². The zero-order valence-electron chi connectivity index (χ0n) is 14.4. The quantitative estimate of drug-likeness (QED) is 0.798. The van der Waals surface area contributed by atoms with E-state index in [2.05, 4.69) is 19.2 Å². The molecule has 0 bridgehead atoms. The fourth-order valence-corrected chi connectivity index (χ4v) is 4.07. The van der Waals surface area contributed by atoms with Crippen LogP contribution < -0.4 is 5.32 Å². The summed E-state index contributed by atoms with van der Waals surface area (Å²) in [5.74, 6) is 0.576. The summed E-state index contributed by atoms with van der Waals surface area (Å²) in [6, 6.07) is 8.48. The number of hydrogen-bond acceptors (Lipinski definition) is 4. The Balaban J connectivity index is 1.80. The molecule has 6 nitrogen and oxygen atoms in total. The number of sulfonamides is 1. The molecule has 0 atom stereocenters. The lowest BCUT2D eigenvalue weighted by atomic mass is 10.1. The molecule has 1 N–H and O–H groups in total. The Morgan fingerprint density at radius 2 is 1.75 bits per heavy atom. The zero-order valence-corrected chi connectivity index (χ0v) is 15.3. The van der Waals surface area contributed by atoms with Gasteiger partial charge >= 0.3 is 0 Å². The lowest BCUT2D eigenvalue weighted by Crippen LogP contribution is -2.51. The van der Waals surface area contributed by atoms with Gasteiger partial charge in [-0.1, -0.05) is 32.0 Å². The van der Waals surface area contributed by atoms with Crippen molar-refractivity contribution in [1.29, 1.82) is 0 Å². The molecule has 1 heterocycles. The maximum atomic E-state index is 12.5. The van der Waals surface area contributed by atoms with Crippen molar-refractivity contribution >= 4 is 15.9 Å². The summed E-state index contributed by atoms with van der Waals surface area (Å²) in [6.07, 6.45) is 0.967. The van der Waals surface area contributed by atoms with Crippen molar-refractivity contribution in [2.45, 2.75) is 25.2 Å². The number of carbonyl (C=O) groups excluding carboxylic acids is 1. The van der Waals surface area contributed by atoms with Crippen molar-refractivity contribution < 1.29 is 13.2 Å². The van der Waals surface area contributed by atoms with Crippen molar-refractivity contribution in [2.24, 2.45) is 5.92 Å². The second-order valence-electron chi connectivity index (χ2n) is 6.53. The third-order valence-corrected chi connectivity index (χ3v) is 6.04. The molecule has 0 aliphatic carbocycles. The maximum absolute atomic E-state index is 12.5. The molecule has 1 aliphatic heterocycles. The minimum atomic E-state index is -3.43. The Morgan fingerprint density at radius 3 is 2.33 bits per heavy atom. The maximum Gasteiger partial charge on any atom is 0.243 e. The van der Waals surface area contributed by atoms with E-state index in [1.54, 1.807) is 30.3 Å². The number of piperazine rings is 1. The Kier molecular flexibility index (Phi) is 6.77. The van der Waals surface area contributed by atoms with Crippen molar-refractivity contribution in [3.05, 3.63) is 30.3 Å². The van der Waals surface area contributed by atoms with E-state index in [1.165, 1.54) is 4.31 Å². The molecule has 24 heavy (non-hydrogen) atoms. The summed E-state index contributed by atoms with van der Waals surface area (Å²) >= 11 is 0. The van der Waals surface area contributed by atoms with Crippen LogP contribution in [0.15, 0.2) is 35.2 Å². The highest BCUT2D eigenvalue weighted by Gasteiger charge is 2.28. The highest BCUT2D eigenvalue weighted by atomic mass is 32.2. The van der Waals surface area contributed by atoms with Crippen LogP contribution in [-0.2, 0) is 14.8 Å². The van der Waals surface area contributed by atoms with Crippen LogP contribution in [0.5, 0.6) is 0 Å². The van der Waals surface area contributed by atoms with Gasteiger partial charge in [0.25, 0.3) is 0 Å². The van der Waals surface area contributed by atoms with E-state index in [-0.39, 0.29) is 5.91 Å². The predicted molar refractivity (Wildman–Crippen MR) is 94.1 cm³/mol. The largest absolute Gasteiger partial charge is 0.355 e. The molecule has 7 heteroatoms. The number of carbonyl (C=O) groups is 1. The van der Waals surface area contributed by atoms with Gasteiger partial charge in [-0.3, -0.25) is 9.69 Å². The first-order valence-corrected chi connectivity index (χ1v) is 9.88. The highest BCUT2D eigenvalue weighted by molar-refractivity contribution is 7.89. The van der Waals surface area contributed by atoms with Crippen LogP contribution in [0.1, 0.15) is 20.3 Å². The first kappa shape index (κ1) is 18.9. The number of nitrogens with one attached hydrogen (secondary N) is 1. The van der Waals surface area contributed by atoms with Crippen molar-refractivity contribution in [3.8, 4) is 0 Å². The molecule has 134 valence electrons. The van der Waals surface area contributed by atoms with Crippen molar-refractivity contribution in [1.82, 2.24) is 14.5 Å². The number of rotatable bonds is 7. The van der Waals surface area contributed by atoms with E-state index in [1.807, 2.05) is 4.90 Å². The van der Waals surface area contributed by atoms with Gasteiger partial charge < -0.3 is 5.32 Å². The molecule has 0 radical (unpaired) electrons. The van der Waals surface area contributed by atoms with Gasteiger partial charge in [0.15, 0.2) is 0 Å². The lowest BCUT2D eigenvalue weighted by molar-refractivity contribution is -0.122. The lowest BCUT2D eigenvalue weighted by Gasteiger charge is -2.33. The SMILES string of the molecule is CC(C)CCNC(=O)CN1CCN(S(=O)(=O)c2ccccc2)CC1. The van der Waals surface area contributed by atoms with Gasteiger partial charge in [-0.25, -0.2) is 8.42 Å². The number of hydrogen-bond donors (Lipinski definition) is 1. The Morgan fingerprint density at radius 1 is 1.12 bits per heavy atom. The molecule has 1 aromatic rings. The van der Waals surface area contributed by atoms with E-state index in [4.69, 9.17) is 0 Å². The van der Waals surface area contributed by atoms with Crippen LogP contribution in [0.25, 0.3) is 0 Å². The summed E-state index contributed by atoms with van der Waals surface area (Å²) in [4.78, 5) is 14.2. The van der Waals surface area contributed by atoms with Gasteiger partial charge in [0, 0.05) is 32.7 Å². The van der Waals surface area contributed by atoms with Gasteiger partial charge in [-0.05, 0) is 24.5 Å². The van der Waals surface area contributed by atoms with E-state index in [0.717, 1.165) is 6.42 Å². The fraction of sp³-hybridized carbons (Fsp3) is 0.588. The molecular weight excluding hydrogens is 326 g/mol. The third-order valence-electron chi connectivity index (χ3n) is 4.12. The average Bonchev–Trinajstić information content (AvgIpc) is 2.56. The van der Waals surface area contributed by atoms with E-state index < -0.39 is 10.0 Å². The smallest absolute Gasteiger partial charge is 0.243 e. The second kappa shape index (κ2) is 8.60. The Bertz CT molecular complexity index is 624. The topological polar surface area (TPSA) is 69.7 Å². The minimum absolute atomic E-state index is 0.00927. The van der Waals surface area contributed by atoms with Crippen LogP contribution in [-0.4, -0.2) is 62.8 Å². The summed E-state index contributed by atoms with van der Waals surface area (Å²) in [7, 11) is -3.43. The van der Waals surface area contributed by atoms with Gasteiger partial charge in [0.2, 0.25) is 15.9 Å². The molecule has 1 aliphatic rings.